The quantitative estimate of drug-likeness (QED) is 0.501. The molecule has 4 aromatic rings. The first kappa shape index (κ1) is 16.2. The minimum atomic E-state index is 0.802. The molecule has 0 saturated heterocycles. The monoisotopic (exact) mass is 339 g/mol. The van der Waals surface area contributed by atoms with Gasteiger partial charge < -0.3 is 5.32 Å². The lowest BCUT2D eigenvalue weighted by Gasteiger charge is -2.10. The Bertz CT molecular complexity index is 998. The summed E-state index contributed by atoms with van der Waals surface area (Å²) in [5.74, 6) is 0.802. The van der Waals surface area contributed by atoms with Crippen LogP contribution in [-0.2, 0) is 0 Å². The number of anilines is 2. The molecule has 26 heavy (non-hydrogen) atoms. The fraction of sp³-hybridized carbons (Fsp3) is 0.0870. The molecular weight excluding hydrogens is 318 g/mol. The van der Waals surface area contributed by atoms with Crippen LogP contribution in [0.4, 0.5) is 11.6 Å². The Morgan fingerprint density at radius 2 is 1.35 bits per heavy atom. The zero-order chi connectivity index (χ0) is 17.9. The molecule has 3 nitrogen and oxygen atoms in total. The summed E-state index contributed by atoms with van der Waals surface area (Å²) in [6.07, 6.45) is 2.08. The van der Waals surface area contributed by atoms with E-state index in [1.165, 1.54) is 11.1 Å². The van der Waals surface area contributed by atoms with E-state index in [0.717, 1.165) is 28.6 Å². The third-order valence-corrected chi connectivity index (χ3v) is 4.40. The van der Waals surface area contributed by atoms with E-state index >= 15 is 0 Å². The summed E-state index contributed by atoms with van der Waals surface area (Å²) in [4.78, 5) is 4.85. The summed E-state index contributed by atoms with van der Waals surface area (Å²) in [6.45, 7) is 4.18. The maximum atomic E-state index is 4.85. The van der Waals surface area contributed by atoms with Crippen LogP contribution in [0.2, 0.25) is 0 Å². The molecule has 3 heteroatoms. The van der Waals surface area contributed by atoms with Crippen LogP contribution in [0.3, 0.4) is 0 Å². The van der Waals surface area contributed by atoms with E-state index in [-0.39, 0.29) is 0 Å². The Morgan fingerprint density at radius 1 is 0.731 bits per heavy atom. The van der Waals surface area contributed by atoms with Crippen molar-refractivity contribution >= 4 is 11.6 Å². The van der Waals surface area contributed by atoms with Crippen LogP contribution in [0.15, 0.2) is 85.1 Å². The zero-order valence-electron chi connectivity index (χ0n) is 15.0. The molecule has 1 heterocycles. The Morgan fingerprint density at radius 3 is 2.00 bits per heavy atom. The van der Waals surface area contributed by atoms with Crippen molar-refractivity contribution in [1.82, 2.24) is 9.55 Å². The number of benzene rings is 3. The van der Waals surface area contributed by atoms with Crippen molar-refractivity contribution in [2.75, 3.05) is 5.32 Å². The highest BCUT2D eigenvalue weighted by Gasteiger charge is 2.11. The summed E-state index contributed by atoms with van der Waals surface area (Å²) in [5.41, 5.74) is 6.63. The van der Waals surface area contributed by atoms with Crippen molar-refractivity contribution in [2.45, 2.75) is 13.8 Å². The minimum absolute atomic E-state index is 0.802. The number of nitrogens with one attached hydrogen (secondary N) is 1. The maximum absolute atomic E-state index is 4.85. The highest BCUT2D eigenvalue weighted by Crippen LogP contribution is 2.26. The zero-order valence-corrected chi connectivity index (χ0v) is 15.0. The predicted octanol–water partition coefficient (Wildman–Crippen LogP) is 5.90. The van der Waals surface area contributed by atoms with Gasteiger partial charge >= 0.3 is 0 Å². The van der Waals surface area contributed by atoms with Gasteiger partial charge in [-0.3, -0.25) is 4.57 Å². The SMILES string of the molecule is Cc1ccc(Nc2nc(-c3ccccc3)cn2-c2ccc(C)cc2)cc1. The summed E-state index contributed by atoms with van der Waals surface area (Å²) >= 11 is 0. The lowest BCUT2D eigenvalue weighted by Crippen LogP contribution is -2.01. The van der Waals surface area contributed by atoms with Crippen LogP contribution in [-0.4, -0.2) is 9.55 Å². The summed E-state index contributed by atoms with van der Waals surface area (Å²) in [5, 5.41) is 3.45. The van der Waals surface area contributed by atoms with Gasteiger partial charge in [0.1, 0.15) is 0 Å². The Balaban J connectivity index is 1.78. The molecule has 0 radical (unpaired) electrons. The molecule has 0 saturated carbocycles. The lowest BCUT2D eigenvalue weighted by atomic mass is 10.2. The fourth-order valence-corrected chi connectivity index (χ4v) is 2.88. The van der Waals surface area contributed by atoms with Crippen molar-refractivity contribution in [3.63, 3.8) is 0 Å². The average molecular weight is 339 g/mol. The Labute approximate surface area is 154 Å². The van der Waals surface area contributed by atoms with Gasteiger partial charge in [0.25, 0.3) is 0 Å². The van der Waals surface area contributed by atoms with Gasteiger partial charge in [-0.15, -0.1) is 0 Å². The first-order valence-electron chi connectivity index (χ1n) is 8.74. The number of aromatic nitrogens is 2. The second-order valence-corrected chi connectivity index (χ2v) is 6.51. The van der Waals surface area contributed by atoms with Gasteiger partial charge in [0.15, 0.2) is 0 Å². The summed E-state index contributed by atoms with van der Waals surface area (Å²) < 4.78 is 2.10. The summed E-state index contributed by atoms with van der Waals surface area (Å²) in [6, 6.07) is 27.1. The Hall–Kier alpha value is -3.33. The van der Waals surface area contributed by atoms with Crippen LogP contribution in [0.5, 0.6) is 0 Å². The van der Waals surface area contributed by atoms with Gasteiger partial charge in [-0.1, -0.05) is 65.7 Å². The van der Waals surface area contributed by atoms with Crippen LogP contribution < -0.4 is 5.32 Å². The highest BCUT2D eigenvalue weighted by atomic mass is 15.2. The number of imidazole rings is 1. The molecule has 4 rings (SSSR count). The fourth-order valence-electron chi connectivity index (χ4n) is 2.88. The van der Waals surface area contributed by atoms with Crippen LogP contribution >= 0.6 is 0 Å². The van der Waals surface area contributed by atoms with Crippen molar-refractivity contribution in [1.29, 1.82) is 0 Å². The van der Waals surface area contributed by atoms with Gasteiger partial charge in [-0.2, -0.15) is 0 Å². The third-order valence-electron chi connectivity index (χ3n) is 4.40. The molecule has 0 fully saturated rings. The first-order valence-corrected chi connectivity index (χ1v) is 8.74. The molecule has 0 aliphatic carbocycles. The van der Waals surface area contributed by atoms with Gasteiger partial charge in [-0.25, -0.2) is 4.98 Å². The normalized spacial score (nSPS) is 10.7. The second-order valence-electron chi connectivity index (χ2n) is 6.51. The number of hydrogen-bond donors (Lipinski definition) is 1. The van der Waals surface area contributed by atoms with Gasteiger partial charge in [-0.05, 0) is 38.1 Å². The Kier molecular flexibility index (Phi) is 4.28. The van der Waals surface area contributed by atoms with Crippen LogP contribution in [0, 0.1) is 13.8 Å². The molecule has 1 N–H and O–H groups in total. The molecule has 128 valence electrons. The topological polar surface area (TPSA) is 29.9 Å². The number of aryl methyl sites for hydroxylation is 2. The smallest absolute Gasteiger partial charge is 0.212 e. The first-order chi connectivity index (χ1) is 12.7. The van der Waals surface area contributed by atoms with Gasteiger partial charge in [0.05, 0.1) is 5.69 Å². The van der Waals surface area contributed by atoms with Crippen molar-refractivity contribution in [3.8, 4) is 16.9 Å². The van der Waals surface area contributed by atoms with E-state index < -0.39 is 0 Å². The molecule has 1 aromatic heterocycles. The number of nitrogens with zero attached hydrogens (tertiary/aromatic N) is 2. The van der Waals surface area contributed by atoms with Crippen LogP contribution in [0.1, 0.15) is 11.1 Å². The van der Waals surface area contributed by atoms with E-state index in [1.54, 1.807) is 0 Å². The highest BCUT2D eigenvalue weighted by molar-refractivity contribution is 5.65. The molecule has 0 amide bonds. The molecule has 0 aliphatic heterocycles. The molecule has 0 atom stereocenters. The maximum Gasteiger partial charge on any atom is 0.212 e. The van der Waals surface area contributed by atoms with E-state index in [2.05, 4.69) is 90.6 Å². The van der Waals surface area contributed by atoms with E-state index in [9.17, 15) is 0 Å². The molecule has 0 unspecified atom stereocenters. The average Bonchev–Trinajstić information content (AvgIpc) is 3.09. The molecular formula is C23H21N3. The molecule has 0 bridgehead atoms. The van der Waals surface area contributed by atoms with E-state index in [4.69, 9.17) is 4.98 Å². The summed E-state index contributed by atoms with van der Waals surface area (Å²) in [7, 11) is 0. The number of rotatable bonds is 4. The number of hydrogen-bond acceptors (Lipinski definition) is 2. The van der Waals surface area contributed by atoms with Gasteiger partial charge in [0, 0.05) is 23.1 Å². The van der Waals surface area contributed by atoms with Gasteiger partial charge in [0.2, 0.25) is 5.95 Å². The lowest BCUT2D eigenvalue weighted by molar-refractivity contribution is 1.06. The second kappa shape index (κ2) is 6.89. The van der Waals surface area contributed by atoms with E-state index in [1.807, 2.05) is 18.2 Å². The molecule has 3 aromatic carbocycles. The van der Waals surface area contributed by atoms with Crippen molar-refractivity contribution in [3.05, 3.63) is 96.2 Å². The predicted molar refractivity (Wildman–Crippen MR) is 108 cm³/mol. The van der Waals surface area contributed by atoms with E-state index in [0.29, 0.717) is 0 Å². The minimum Gasteiger partial charge on any atom is -0.325 e. The van der Waals surface area contributed by atoms with Crippen molar-refractivity contribution < 1.29 is 0 Å². The van der Waals surface area contributed by atoms with Crippen molar-refractivity contribution in [2.24, 2.45) is 0 Å². The molecule has 0 spiro atoms. The molecule has 0 aliphatic rings. The largest absolute Gasteiger partial charge is 0.325 e. The third kappa shape index (κ3) is 3.38. The standard InChI is InChI=1S/C23H21N3/c1-17-8-12-20(13-9-17)24-23-25-22(19-6-4-3-5-7-19)16-26(23)21-14-10-18(2)11-15-21/h3-16H,1-2H3,(H,24,25). The van der Waals surface area contributed by atoms with Crippen LogP contribution in [0.25, 0.3) is 16.9 Å².